The molecule has 0 bridgehead atoms. The molecular formula is C6H9F4. The Morgan fingerprint density at radius 2 is 1.80 bits per heavy atom. The number of halogens is 4. The van der Waals surface area contributed by atoms with E-state index in [2.05, 4.69) is 6.92 Å². The van der Waals surface area contributed by atoms with Gasteiger partial charge in [-0.15, -0.1) is 0 Å². The topological polar surface area (TPSA) is 0 Å². The van der Waals surface area contributed by atoms with Gasteiger partial charge in [0.05, 0.1) is 0 Å². The first kappa shape index (κ1) is 9.72. The van der Waals surface area contributed by atoms with Gasteiger partial charge in [-0.25, -0.2) is 4.39 Å². The van der Waals surface area contributed by atoms with Gasteiger partial charge >= 0.3 is 6.18 Å². The van der Waals surface area contributed by atoms with E-state index in [1.54, 1.807) is 0 Å². The fourth-order valence-electron chi connectivity index (χ4n) is 0.465. The van der Waals surface area contributed by atoms with Gasteiger partial charge in [0.25, 0.3) is 0 Å². The van der Waals surface area contributed by atoms with E-state index in [4.69, 9.17) is 0 Å². The second-order valence-electron chi connectivity index (χ2n) is 2.04. The molecule has 1 radical (unpaired) electrons. The smallest absolute Gasteiger partial charge is 0.247 e. The lowest BCUT2D eigenvalue weighted by Gasteiger charge is -2.07. The zero-order chi connectivity index (χ0) is 8.20. The first-order valence-electron chi connectivity index (χ1n) is 2.96. The molecule has 0 aliphatic rings. The summed E-state index contributed by atoms with van der Waals surface area (Å²) in [5.41, 5.74) is 0. The molecule has 0 aliphatic heterocycles. The molecule has 61 valence electrons. The summed E-state index contributed by atoms with van der Waals surface area (Å²) < 4.78 is 46.2. The molecule has 1 atom stereocenters. The van der Waals surface area contributed by atoms with Gasteiger partial charge in [-0.3, -0.25) is 0 Å². The average Bonchev–Trinajstić information content (AvgIpc) is 1.81. The SMILES string of the molecule is [CH2]C[C@H](F)CCC(F)(F)F. The van der Waals surface area contributed by atoms with E-state index in [9.17, 15) is 17.6 Å². The molecule has 0 saturated carbocycles. The molecule has 0 nitrogen and oxygen atoms in total. The van der Waals surface area contributed by atoms with Crippen molar-refractivity contribution >= 4 is 0 Å². The Morgan fingerprint density at radius 3 is 2.10 bits per heavy atom. The van der Waals surface area contributed by atoms with Crippen molar-refractivity contribution in [2.24, 2.45) is 0 Å². The molecule has 0 saturated heterocycles. The van der Waals surface area contributed by atoms with Crippen molar-refractivity contribution in [3.05, 3.63) is 6.92 Å². The molecule has 0 aromatic rings. The van der Waals surface area contributed by atoms with Crippen LogP contribution in [0.2, 0.25) is 0 Å². The quantitative estimate of drug-likeness (QED) is 0.552. The lowest BCUT2D eigenvalue weighted by Crippen LogP contribution is -2.10. The first-order valence-corrected chi connectivity index (χ1v) is 2.96. The van der Waals surface area contributed by atoms with Crippen LogP contribution in [0.5, 0.6) is 0 Å². The van der Waals surface area contributed by atoms with E-state index in [0.29, 0.717) is 0 Å². The van der Waals surface area contributed by atoms with Crippen LogP contribution in [0.3, 0.4) is 0 Å². The predicted octanol–water partition coefficient (Wildman–Crippen LogP) is 2.89. The number of hydrogen-bond donors (Lipinski definition) is 0. The highest BCUT2D eigenvalue weighted by Crippen LogP contribution is 2.23. The van der Waals surface area contributed by atoms with Gasteiger partial charge in [0.2, 0.25) is 0 Å². The summed E-state index contributed by atoms with van der Waals surface area (Å²) in [6.07, 6.45) is -7.26. The maximum Gasteiger partial charge on any atom is 0.389 e. The second kappa shape index (κ2) is 3.78. The third kappa shape index (κ3) is 5.85. The third-order valence-electron chi connectivity index (χ3n) is 1.05. The lowest BCUT2D eigenvalue weighted by atomic mass is 10.2. The maximum absolute atomic E-state index is 12.1. The van der Waals surface area contributed by atoms with E-state index in [0.717, 1.165) is 0 Å². The minimum Gasteiger partial charge on any atom is -0.247 e. The molecule has 0 heterocycles. The predicted molar refractivity (Wildman–Crippen MR) is 30.2 cm³/mol. The summed E-state index contributed by atoms with van der Waals surface area (Å²) >= 11 is 0. The summed E-state index contributed by atoms with van der Waals surface area (Å²) in [4.78, 5) is 0. The Hall–Kier alpha value is -0.280. The van der Waals surface area contributed by atoms with Crippen molar-refractivity contribution in [3.63, 3.8) is 0 Å². The summed E-state index contributed by atoms with van der Waals surface area (Å²) in [7, 11) is 0. The Balaban J connectivity index is 3.36. The number of hydrogen-bond acceptors (Lipinski definition) is 0. The highest BCUT2D eigenvalue weighted by molar-refractivity contribution is 4.60. The molecule has 0 amide bonds. The zero-order valence-corrected chi connectivity index (χ0v) is 5.42. The van der Waals surface area contributed by atoms with Crippen molar-refractivity contribution in [2.75, 3.05) is 0 Å². The standard InChI is InChI=1S/C6H9F4/c1-2-5(7)3-4-6(8,9)10/h5H,1-4H2/t5-/m0/s1. The number of rotatable bonds is 3. The van der Waals surface area contributed by atoms with Gasteiger partial charge in [0, 0.05) is 6.42 Å². The van der Waals surface area contributed by atoms with Crippen LogP contribution in [0.4, 0.5) is 17.6 Å². The molecule has 0 N–H and O–H groups in total. The van der Waals surface area contributed by atoms with Gasteiger partial charge in [-0.05, 0) is 12.8 Å². The van der Waals surface area contributed by atoms with Crippen LogP contribution in [0.1, 0.15) is 19.3 Å². The van der Waals surface area contributed by atoms with Crippen LogP contribution in [0, 0.1) is 6.92 Å². The molecule has 0 fully saturated rings. The highest BCUT2D eigenvalue weighted by atomic mass is 19.4. The maximum atomic E-state index is 12.1. The van der Waals surface area contributed by atoms with E-state index < -0.39 is 25.2 Å². The lowest BCUT2D eigenvalue weighted by molar-refractivity contribution is -0.138. The molecule has 4 heteroatoms. The van der Waals surface area contributed by atoms with E-state index in [1.807, 2.05) is 0 Å². The van der Waals surface area contributed by atoms with Crippen LogP contribution < -0.4 is 0 Å². The van der Waals surface area contributed by atoms with Gasteiger partial charge in [-0.2, -0.15) is 13.2 Å². The van der Waals surface area contributed by atoms with Gasteiger partial charge in [0.15, 0.2) is 0 Å². The molecule has 10 heavy (non-hydrogen) atoms. The average molecular weight is 157 g/mol. The minimum absolute atomic E-state index is 0.0872. The Bertz CT molecular complexity index is 86.2. The second-order valence-corrected chi connectivity index (χ2v) is 2.04. The van der Waals surface area contributed by atoms with Crippen molar-refractivity contribution in [3.8, 4) is 0 Å². The van der Waals surface area contributed by atoms with Crippen LogP contribution >= 0.6 is 0 Å². The van der Waals surface area contributed by atoms with Crippen LogP contribution in [-0.4, -0.2) is 12.3 Å². The Morgan fingerprint density at radius 1 is 1.30 bits per heavy atom. The van der Waals surface area contributed by atoms with Crippen molar-refractivity contribution in [1.82, 2.24) is 0 Å². The van der Waals surface area contributed by atoms with Crippen LogP contribution in [0.25, 0.3) is 0 Å². The monoisotopic (exact) mass is 157 g/mol. The van der Waals surface area contributed by atoms with Crippen LogP contribution in [-0.2, 0) is 0 Å². The van der Waals surface area contributed by atoms with Crippen LogP contribution in [0.15, 0.2) is 0 Å². The summed E-state index contributed by atoms with van der Waals surface area (Å²) in [6.45, 7) is 3.14. The molecule has 0 unspecified atom stereocenters. The zero-order valence-electron chi connectivity index (χ0n) is 5.42. The van der Waals surface area contributed by atoms with Gasteiger partial charge in [-0.1, -0.05) is 6.92 Å². The minimum atomic E-state index is -4.24. The largest absolute Gasteiger partial charge is 0.389 e. The Labute approximate surface area is 57.2 Å². The molecule has 0 spiro atoms. The normalized spacial score (nSPS) is 15.3. The highest BCUT2D eigenvalue weighted by Gasteiger charge is 2.27. The fraction of sp³-hybridized carbons (Fsp3) is 0.833. The van der Waals surface area contributed by atoms with Crippen molar-refractivity contribution < 1.29 is 17.6 Å². The van der Waals surface area contributed by atoms with Crippen molar-refractivity contribution in [1.29, 1.82) is 0 Å². The fourth-order valence-corrected chi connectivity index (χ4v) is 0.465. The Kier molecular flexibility index (Phi) is 3.68. The van der Waals surface area contributed by atoms with E-state index >= 15 is 0 Å². The molecular weight excluding hydrogens is 148 g/mol. The van der Waals surface area contributed by atoms with E-state index in [1.165, 1.54) is 0 Å². The van der Waals surface area contributed by atoms with Crippen molar-refractivity contribution in [2.45, 2.75) is 31.6 Å². The first-order chi connectivity index (χ1) is 4.45. The molecule has 0 aliphatic carbocycles. The molecule has 0 aromatic carbocycles. The summed E-state index contributed by atoms with van der Waals surface area (Å²) in [5, 5.41) is 0. The third-order valence-corrected chi connectivity index (χ3v) is 1.05. The van der Waals surface area contributed by atoms with Gasteiger partial charge < -0.3 is 0 Å². The van der Waals surface area contributed by atoms with E-state index in [-0.39, 0.29) is 6.42 Å². The summed E-state index contributed by atoms with van der Waals surface area (Å²) in [6, 6.07) is 0. The number of alkyl halides is 4. The van der Waals surface area contributed by atoms with Gasteiger partial charge in [0.1, 0.15) is 6.17 Å². The summed E-state index contributed by atoms with van der Waals surface area (Å²) in [5.74, 6) is 0. The molecule has 0 aromatic heterocycles. The molecule has 0 rings (SSSR count).